The Morgan fingerprint density at radius 3 is 2.50 bits per heavy atom. The van der Waals surface area contributed by atoms with Crippen LogP contribution in [0.4, 0.5) is 0 Å². The van der Waals surface area contributed by atoms with E-state index in [-0.39, 0.29) is 0 Å². The average Bonchev–Trinajstić information content (AvgIpc) is 2.82. The molecule has 0 aliphatic carbocycles. The molecule has 2 aromatic rings. The number of aryl methyl sites for hydroxylation is 3. The largest absolute Gasteiger partial charge is 0.477 e. The van der Waals surface area contributed by atoms with Crippen LogP contribution in [0.5, 0.6) is 0 Å². The molecule has 0 spiro atoms. The average molecular weight is 265 g/mol. The molecule has 0 bridgehead atoms. The number of nitrogens with zero attached hydrogens (tertiary/aromatic N) is 3. The molecule has 0 unspecified atom stereocenters. The van der Waals surface area contributed by atoms with E-state index in [1.54, 1.807) is 4.68 Å². The van der Waals surface area contributed by atoms with Crippen molar-refractivity contribution < 1.29 is 9.90 Å². The van der Waals surface area contributed by atoms with Gasteiger partial charge in [-0.05, 0) is 20.3 Å². The number of carboxylic acids is 1. The van der Waals surface area contributed by atoms with Gasteiger partial charge in [-0.25, -0.2) is 9.78 Å². The van der Waals surface area contributed by atoms with Gasteiger partial charge in [-0.1, -0.05) is 6.92 Å². The Labute approximate surface area is 109 Å². The highest BCUT2D eigenvalue weighted by molar-refractivity contribution is 7.17. The third-order valence-electron chi connectivity index (χ3n) is 2.95. The molecule has 6 heteroatoms. The molecule has 0 aromatic carbocycles. The predicted molar refractivity (Wildman–Crippen MR) is 70.1 cm³/mol. The summed E-state index contributed by atoms with van der Waals surface area (Å²) < 4.78 is 1.79. The van der Waals surface area contributed by atoms with Crippen LogP contribution in [0.1, 0.15) is 33.7 Å². The molecule has 0 radical (unpaired) electrons. The SMILES string of the molecule is CCc1nc(-c2c(C)nn(C)c2C)sc1C(=O)O. The maximum atomic E-state index is 11.1. The minimum atomic E-state index is -0.908. The third-order valence-corrected chi connectivity index (χ3v) is 4.05. The van der Waals surface area contributed by atoms with E-state index in [1.807, 2.05) is 27.8 Å². The molecule has 0 amide bonds. The molecule has 0 aliphatic rings. The van der Waals surface area contributed by atoms with Crippen LogP contribution < -0.4 is 0 Å². The van der Waals surface area contributed by atoms with E-state index in [4.69, 9.17) is 5.11 Å². The van der Waals surface area contributed by atoms with Gasteiger partial charge in [0.05, 0.1) is 17.0 Å². The van der Waals surface area contributed by atoms with Gasteiger partial charge in [-0.15, -0.1) is 11.3 Å². The first kappa shape index (κ1) is 12.8. The van der Waals surface area contributed by atoms with Crippen LogP contribution in [-0.4, -0.2) is 25.8 Å². The lowest BCUT2D eigenvalue weighted by Gasteiger charge is -1.96. The molecule has 0 fully saturated rings. The van der Waals surface area contributed by atoms with Crippen molar-refractivity contribution >= 4 is 17.3 Å². The Kier molecular flexibility index (Phi) is 3.21. The fraction of sp³-hybridized carbons (Fsp3) is 0.417. The number of carboxylic acid groups (broad SMARTS) is 1. The number of aromatic carboxylic acids is 1. The van der Waals surface area contributed by atoms with Gasteiger partial charge >= 0.3 is 5.97 Å². The summed E-state index contributed by atoms with van der Waals surface area (Å²) in [6.45, 7) is 5.78. The van der Waals surface area contributed by atoms with E-state index in [9.17, 15) is 4.79 Å². The van der Waals surface area contributed by atoms with E-state index in [0.717, 1.165) is 22.0 Å². The van der Waals surface area contributed by atoms with Crippen LogP contribution in [-0.2, 0) is 13.5 Å². The van der Waals surface area contributed by atoms with Crippen molar-refractivity contribution in [2.24, 2.45) is 7.05 Å². The molecule has 0 aliphatic heterocycles. The van der Waals surface area contributed by atoms with E-state index < -0.39 is 5.97 Å². The Hall–Kier alpha value is -1.69. The van der Waals surface area contributed by atoms with Crippen molar-refractivity contribution in [1.29, 1.82) is 0 Å². The number of hydrogen-bond acceptors (Lipinski definition) is 4. The lowest BCUT2D eigenvalue weighted by molar-refractivity contribution is 0.0701. The van der Waals surface area contributed by atoms with Crippen molar-refractivity contribution in [3.8, 4) is 10.6 Å². The maximum absolute atomic E-state index is 11.1. The molecular formula is C12H15N3O2S. The Balaban J connectivity index is 2.61. The molecule has 96 valence electrons. The second-order valence-electron chi connectivity index (χ2n) is 4.12. The zero-order valence-electron chi connectivity index (χ0n) is 10.8. The first-order valence-corrected chi connectivity index (χ1v) is 6.50. The third kappa shape index (κ3) is 1.92. The molecule has 0 atom stereocenters. The van der Waals surface area contributed by atoms with Gasteiger partial charge < -0.3 is 5.11 Å². The molecular weight excluding hydrogens is 250 g/mol. The minimum Gasteiger partial charge on any atom is -0.477 e. The maximum Gasteiger partial charge on any atom is 0.347 e. The molecule has 18 heavy (non-hydrogen) atoms. The van der Waals surface area contributed by atoms with Gasteiger partial charge in [0.2, 0.25) is 0 Å². The summed E-state index contributed by atoms with van der Waals surface area (Å²) in [6.07, 6.45) is 0.622. The summed E-state index contributed by atoms with van der Waals surface area (Å²) in [5.41, 5.74) is 3.47. The van der Waals surface area contributed by atoms with Crippen molar-refractivity contribution in [3.05, 3.63) is 22.0 Å². The topological polar surface area (TPSA) is 68.0 Å². The van der Waals surface area contributed by atoms with Gasteiger partial charge in [0.25, 0.3) is 0 Å². The lowest BCUT2D eigenvalue weighted by Crippen LogP contribution is -1.97. The number of carbonyl (C=O) groups is 1. The van der Waals surface area contributed by atoms with Crippen LogP contribution in [0, 0.1) is 13.8 Å². The molecule has 2 rings (SSSR count). The summed E-state index contributed by atoms with van der Waals surface area (Å²) >= 11 is 1.22. The smallest absolute Gasteiger partial charge is 0.347 e. The highest BCUT2D eigenvalue weighted by Crippen LogP contribution is 2.32. The normalized spacial score (nSPS) is 10.9. The Bertz CT molecular complexity index is 613. The summed E-state index contributed by atoms with van der Waals surface area (Å²) in [4.78, 5) is 15.9. The van der Waals surface area contributed by atoms with Gasteiger partial charge in [-0.3, -0.25) is 4.68 Å². The number of hydrogen-bond donors (Lipinski definition) is 1. The predicted octanol–water partition coefficient (Wildman–Crippen LogP) is 2.42. The van der Waals surface area contributed by atoms with Crippen LogP contribution in [0.15, 0.2) is 0 Å². The lowest BCUT2D eigenvalue weighted by atomic mass is 10.2. The summed E-state index contributed by atoms with van der Waals surface area (Å²) in [5.74, 6) is -0.908. The van der Waals surface area contributed by atoms with Gasteiger partial charge in [0, 0.05) is 12.7 Å². The monoisotopic (exact) mass is 265 g/mol. The second kappa shape index (κ2) is 4.53. The van der Waals surface area contributed by atoms with E-state index in [0.29, 0.717) is 17.0 Å². The minimum absolute atomic E-state index is 0.329. The van der Waals surface area contributed by atoms with Crippen molar-refractivity contribution in [2.45, 2.75) is 27.2 Å². The van der Waals surface area contributed by atoms with E-state index >= 15 is 0 Å². The number of aromatic nitrogens is 3. The molecule has 5 nitrogen and oxygen atoms in total. The van der Waals surface area contributed by atoms with Crippen LogP contribution in [0.2, 0.25) is 0 Å². The van der Waals surface area contributed by atoms with Crippen molar-refractivity contribution in [2.75, 3.05) is 0 Å². The van der Waals surface area contributed by atoms with Crippen LogP contribution in [0.3, 0.4) is 0 Å². The van der Waals surface area contributed by atoms with Crippen molar-refractivity contribution in [3.63, 3.8) is 0 Å². The van der Waals surface area contributed by atoms with Gasteiger partial charge in [0.15, 0.2) is 0 Å². The summed E-state index contributed by atoms with van der Waals surface area (Å²) in [5, 5.41) is 14.2. The van der Waals surface area contributed by atoms with Crippen LogP contribution >= 0.6 is 11.3 Å². The molecule has 1 N–H and O–H groups in total. The zero-order chi connectivity index (χ0) is 13.4. The molecule has 0 saturated carbocycles. The van der Waals surface area contributed by atoms with Gasteiger partial charge in [0.1, 0.15) is 9.88 Å². The van der Waals surface area contributed by atoms with Crippen LogP contribution in [0.25, 0.3) is 10.6 Å². The first-order chi connectivity index (χ1) is 8.45. The second-order valence-corrected chi connectivity index (χ2v) is 5.12. The quantitative estimate of drug-likeness (QED) is 0.925. The number of rotatable bonds is 3. The Morgan fingerprint density at radius 1 is 1.44 bits per heavy atom. The number of thiazole rings is 1. The molecule has 2 heterocycles. The highest BCUT2D eigenvalue weighted by Gasteiger charge is 2.20. The van der Waals surface area contributed by atoms with E-state index in [1.165, 1.54) is 11.3 Å². The molecule has 2 aromatic heterocycles. The van der Waals surface area contributed by atoms with Gasteiger partial charge in [-0.2, -0.15) is 5.10 Å². The Morgan fingerprint density at radius 2 is 2.11 bits per heavy atom. The first-order valence-electron chi connectivity index (χ1n) is 5.69. The summed E-state index contributed by atoms with van der Waals surface area (Å²) in [7, 11) is 1.87. The highest BCUT2D eigenvalue weighted by atomic mass is 32.1. The zero-order valence-corrected chi connectivity index (χ0v) is 11.6. The van der Waals surface area contributed by atoms with Crippen molar-refractivity contribution in [1.82, 2.24) is 14.8 Å². The molecule has 0 saturated heterocycles. The fourth-order valence-corrected chi connectivity index (χ4v) is 3.09. The summed E-state index contributed by atoms with van der Waals surface area (Å²) in [6, 6.07) is 0. The standard InChI is InChI=1S/C12H15N3O2S/c1-5-8-10(12(16)17)18-11(13-8)9-6(2)14-15(4)7(9)3/h5H2,1-4H3,(H,16,17). The fourth-order valence-electron chi connectivity index (χ4n) is 1.95. The van der Waals surface area contributed by atoms with E-state index in [2.05, 4.69) is 10.1 Å².